The van der Waals surface area contributed by atoms with Crippen LogP contribution in [0, 0.1) is 0 Å². The molecule has 0 bridgehead atoms. The SMILES string of the molecule is COCCN1C(=O)C(=O)/C(=C(\O)c2ccc3c(c2)OCO3)C1c1ccc(N(C)C)cc1. The molecule has 0 radical (unpaired) electrons. The average Bonchev–Trinajstić information content (AvgIpc) is 3.34. The smallest absolute Gasteiger partial charge is 0.295 e. The van der Waals surface area contributed by atoms with Crippen LogP contribution in [0.1, 0.15) is 17.2 Å². The minimum Gasteiger partial charge on any atom is -0.507 e. The summed E-state index contributed by atoms with van der Waals surface area (Å²) in [6, 6.07) is 11.7. The van der Waals surface area contributed by atoms with Crippen LogP contribution < -0.4 is 14.4 Å². The lowest BCUT2D eigenvalue weighted by Gasteiger charge is -2.25. The molecule has 8 nitrogen and oxygen atoms in total. The van der Waals surface area contributed by atoms with Crippen LogP contribution in [0.2, 0.25) is 0 Å². The molecule has 2 aliphatic rings. The molecule has 8 heteroatoms. The Hall–Kier alpha value is -3.52. The van der Waals surface area contributed by atoms with Gasteiger partial charge in [0.2, 0.25) is 6.79 Å². The second kappa shape index (κ2) is 8.31. The van der Waals surface area contributed by atoms with Gasteiger partial charge < -0.3 is 29.1 Å². The van der Waals surface area contributed by atoms with E-state index in [1.54, 1.807) is 18.2 Å². The van der Waals surface area contributed by atoms with Crippen LogP contribution in [0.15, 0.2) is 48.0 Å². The number of anilines is 1. The molecule has 2 aliphatic heterocycles. The predicted molar refractivity (Wildman–Crippen MR) is 114 cm³/mol. The second-order valence-electron chi connectivity index (χ2n) is 7.54. The number of methoxy groups -OCH3 is 1. The van der Waals surface area contributed by atoms with Crippen LogP contribution in [-0.4, -0.2) is 62.8 Å². The molecule has 1 atom stereocenters. The second-order valence-corrected chi connectivity index (χ2v) is 7.54. The molecule has 162 valence electrons. The van der Waals surface area contributed by atoms with Crippen molar-refractivity contribution in [3.63, 3.8) is 0 Å². The van der Waals surface area contributed by atoms with E-state index >= 15 is 0 Å². The lowest BCUT2D eigenvalue weighted by molar-refractivity contribution is -0.140. The van der Waals surface area contributed by atoms with Gasteiger partial charge in [-0.3, -0.25) is 9.59 Å². The number of nitrogens with zero attached hydrogens (tertiary/aromatic N) is 2. The summed E-state index contributed by atoms with van der Waals surface area (Å²) < 4.78 is 15.8. The number of benzene rings is 2. The molecule has 0 aliphatic carbocycles. The number of fused-ring (bicyclic) bond motifs is 1. The molecule has 31 heavy (non-hydrogen) atoms. The monoisotopic (exact) mass is 424 g/mol. The van der Waals surface area contributed by atoms with E-state index in [0.717, 1.165) is 11.3 Å². The Balaban J connectivity index is 1.82. The van der Waals surface area contributed by atoms with Gasteiger partial charge >= 0.3 is 0 Å². The Bertz CT molecular complexity index is 1040. The quantitative estimate of drug-likeness (QED) is 0.433. The third-order valence-electron chi connectivity index (χ3n) is 5.45. The predicted octanol–water partition coefficient (Wildman–Crippen LogP) is 2.55. The number of carbonyl (C=O) groups excluding carboxylic acids is 2. The summed E-state index contributed by atoms with van der Waals surface area (Å²) >= 11 is 0. The van der Waals surface area contributed by atoms with E-state index in [-0.39, 0.29) is 31.3 Å². The summed E-state index contributed by atoms with van der Waals surface area (Å²) in [6.07, 6.45) is 0. The van der Waals surface area contributed by atoms with Crippen LogP contribution in [0.3, 0.4) is 0 Å². The molecular weight excluding hydrogens is 400 g/mol. The van der Waals surface area contributed by atoms with Gasteiger partial charge in [0.05, 0.1) is 18.2 Å². The van der Waals surface area contributed by atoms with Gasteiger partial charge in [0.15, 0.2) is 11.5 Å². The number of ketones is 1. The maximum absolute atomic E-state index is 13.0. The Labute approximate surface area is 180 Å². The molecule has 1 fully saturated rings. The fourth-order valence-electron chi connectivity index (χ4n) is 3.80. The number of aliphatic hydroxyl groups is 1. The summed E-state index contributed by atoms with van der Waals surface area (Å²) in [5.74, 6) is -0.607. The van der Waals surface area contributed by atoms with E-state index in [0.29, 0.717) is 17.1 Å². The minimum atomic E-state index is -0.729. The molecule has 0 spiro atoms. The van der Waals surface area contributed by atoms with Gasteiger partial charge in [-0.15, -0.1) is 0 Å². The number of Topliss-reactive ketones (excluding diaryl/α,β-unsaturated/α-hetero) is 1. The Kier molecular flexibility index (Phi) is 5.56. The standard InChI is InChI=1S/C23H24N2O6/c1-24(2)16-7-4-14(5-8-16)20-19(22(27)23(28)25(20)10-11-29-3)21(26)15-6-9-17-18(12-15)31-13-30-17/h4-9,12,20,26H,10-11,13H2,1-3H3/b21-19-. The molecule has 2 aromatic rings. The van der Waals surface area contributed by atoms with E-state index in [4.69, 9.17) is 14.2 Å². The van der Waals surface area contributed by atoms with Gasteiger partial charge in [0.1, 0.15) is 5.76 Å². The van der Waals surface area contributed by atoms with Gasteiger partial charge in [-0.1, -0.05) is 12.1 Å². The Morgan fingerprint density at radius 3 is 2.52 bits per heavy atom. The molecule has 4 rings (SSSR count). The maximum Gasteiger partial charge on any atom is 0.295 e. The van der Waals surface area contributed by atoms with Crippen molar-refractivity contribution in [3.05, 3.63) is 59.2 Å². The zero-order chi connectivity index (χ0) is 22.1. The number of aliphatic hydroxyl groups excluding tert-OH is 1. The Morgan fingerprint density at radius 1 is 1.13 bits per heavy atom. The molecule has 2 heterocycles. The topological polar surface area (TPSA) is 88.5 Å². The van der Waals surface area contributed by atoms with Crippen molar-refractivity contribution in [2.45, 2.75) is 6.04 Å². The maximum atomic E-state index is 13.0. The molecule has 1 N–H and O–H groups in total. The zero-order valence-corrected chi connectivity index (χ0v) is 17.6. The first-order chi connectivity index (χ1) is 14.9. The average molecular weight is 424 g/mol. The van der Waals surface area contributed by atoms with Crippen molar-refractivity contribution in [1.29, 1.82) is 0 Å². The first-order valence-electron chi connectivity index (χ1n) is 9.87. The van der Waals surface area contributed by atoms with Gasteiger partial charge in [-0.25, -0.2) is 0 Å². The van der Waals surface area contributed by atoms with Crippen LogP contribution in [-0.2, 0) is 14.3 Å². The summed E-state index contributed by atoms with van der Waals surface area (Å²) in [4.78, 5) is 29.2. The summed E-state index contributed by atoms with van der Waals surface area (Å²) in [6.45, 7) is 0.585. The van der Waals surface area contributed by atoms with Crippen LogP contribution in [0.25, 0.3) is 5.76 Å². The fraction of sp³-hybridized carbons (Fsp3) is 0.304. The summed E-state index contributed by atoms with van der Waals surface area (Å²) in [7, 11) is 5.39. The number of hydrogen-bond donors (Lipinski definition) is 1. The molecule has 0 saturated carbocycles. The van der Waals surface area contributed by atoms with Crippen molar-refractivity contribution in [3.8, 4) is 11.5 Å². The molecule has 0 aromatic heterocycles. The van der Waals surface area contributed by atoms with Crippen molar-refractivity contribution < 1.29 is 28.9 Å². The molecule has 1 unspecified atom stereocenters. The van der Waals surface area contributed by atoms with Crippen LogP contribution >= 0.6 is 0 Å². The zero-order valence-electron chi connectivity index (χ0n) is 17.6. The largest absolute Gasteiger partial charge is 0.507 e. The van der Waals surface area contributed by atoms with Gasteiger partial charge in [0, 0.05) is 39.0 Å². The minimum absolute atomic E-state index is 0.0394. The molecule has 2 aromatic carbocycles. The lowest BCUT2D eigenvalue weighted by atomic mass is 9.95. The van der Waals surface area contributed by atoms with Crippen molar-refractivity contribution in [2.75, 3.05) is 46.0 Å². The van der Waals surface area contributed by atoms with Gasteiger partial charge in [-0.05, 0) is 35.9 Å². The first-order valence-corrected chi connectivity index (χ1v) is 9.87. The molecule has 1 saturated heterocycles. The summed E-state index contributed by atoms with van der Waals surface area (Å²) in [5, 5.41) is 11.1. The molecular formula is C23H24N2O6. The number of hydrogen-bond acceptors (Lipinski definition) is 7. The van der Waals surface area contributed by atoms with Crippen molar-refractivity contribution in [1.82, 2.24) is 4.90 Å². The van der Waals surface area contributed by atoms with E-state index in [9.17, 15) is 14.7 Å². The number of carbonyl (C=O) groups is 2. The number of rotatable bonds is 6. The van der Waals surface area contributed by atoms with Crippen LogP contribution in [0.5, 0.6) is 11.5 Å². The van der Waals surface area contributed by atoms with E-state index in [2.05, 4.69) is 0 Å². The van der Waals surface area contributed by atoms with Crippen LogP contribution in [0.4, 0.5) is 5.69 Å². The number of likely N-dealkylation sites (tertiary alicyclic amines) is 1. The summed E-state index contributed by atoms with van der Waals surface area (Å²) in [5.41, 5.74) is 2.12. The van der Waals surface area contributed by atoms with Gasteiger partial charge in [-0.2, -0.15) is 0 Å². The van der Waals surface area contributed by atoms with E-state index in [1.807, 2.05) is 43.3 Å². The molecule has 1 amide bonds. The third kappa shape index (κ3) is 3.70. The van der Waals surface area contributed by atoms with Crippen molar-refractivity contribution in [2.24, 2.45) is 0 Å². The highest BCUT2D eigenvalue weighted by Gasteiger charge is 2.46. The number of amides is 1. The fourth-order valence-corrected chi connectivity index (χ4v) is 3.80. The number of ether oxygens (including phenoxy) is 3. The third-order valence-corrected chi connectivity index (χ3v) is 5.45. The highest BCUT2D eigenvalue weighted by molar-refractivity contribution is 6.46. The lowest BCUT2D eigenvalue weighted by Crippen LogP contribution is -2.32. The normalized spacial score (nSPS) is 19.2. The Morgan fingerprint density at radius 2 is 1.84 bits per heavy atom. The van der Waals surface area contributed by atoms with E-state index in [1.165, 1.54) is 12.0 Å². The first kappa shape index (κ1) is 20.7. The highest BCUT2D eigenvalue weighted by Crippen LogP contribution is 2.41. The van der Waals surface area contributed by atoms with E-state index < -0.39 is 17.7 Å². The highest BCUT2D eigenvalue weighted by atomic mass is 16.7. The van der Waals surface area contributed by atoms with Gasteiger partial charge in [0.25, 0.3) is 11.7 Å². The van der Waals surface area contributed by atoms with Crippen molar-refractivity contribution >= 4 is 23.1 Å².